The average molecular weight is 256 g/mol. The van der Waals surface area contributed by atoms with Crippen LogP contribution in [0.5, 0.6) is 0 Å². The third-order valence-corrected chi connectivity index (χ3v) is 5.04. The first-order valence-corrected chi connectivity index (χ1v) is 7.14. The van der Waals surface area contributed by atoms with E-state index in [4.69, 9.17) is 0 Å². The van der Waals surface area contributed by atoms with Crippen molar-refractivity contribution in [2.24, 2.45) is 0 Å². The predicted molar refractivity (Wildman–Crippen MR) is 69.1 cm³/mol. The molecule has 2 N–H and O–H groups in total. The standard InChI is InChI=1S/C11H16N2OS2/c1-7-5-9(13-6-10(14)12-2)8-3-4-15-11(8)16-7/h3-4,7,9,13H,5-6H2,1-2H3,(H,12,14)/t7-,9?/m0/s1. The van der Waals surface area contributed by atoms with Crippen LogP contribution in [0.3, 0.4) is 0 Å². The third-order valence-electron chi connectivity index (χ3n) is 2.70. The van der Waals surface area contributed by atoms with Crippen LogP contribution in [-0.4, -0.2) is 24.7 Å². The summed E-state index contributed by atoms with van der Waals surface area (Å²) in [6.07, 6.45) is 1.09. The maximum atomic E-state index is 11.2. The molecule has 88 valence electrons. The monoisotopic (exact) mass is 256 g/mol. The normalized spacial score (nSPS) is 23.9. The van der Waals surface area contributed by atoms with E-state index < -0.39 is 0 Å². The number of likely N-dealkylation sites (N-methyl/N-ethyl adjacent to an activating group) is 1. The summed E-state index contributed by atoms with van der Waals surface area (Å²) in [5.41, 5.74) is 1.36. The fourth-order valence-corrected chi connectivity index (χ4v) is 4.41. The Kier molecular flexibility index (Phi) is 3.89. The molecule has 3 nitrogen and oxygen atoms in total. The van der Waals surface area contributed by atoms with E-state index >= 15 is 0 Å². The average Bonchev–Trinajstić information content (AvgIpc) is 2.73. The lowest BCUT2D eigenvalue weighted by Gasteiger charge is -2.27. The van der Waals surface area contributed by atoms with E-state index in [-0.39, 0.29) is 5.91 Å². The lowest BCUT2D eigenvalue weighted by molar-refractivity contribution is -0.119. The molecular formula is C11H16N2OS2. The van der Waals surface area contributed by atoms with Crippen LogP contribution in [0, 0.1) is 0 Å². The number of thiophene rings is 1. The first kappa shape index (κ1) is 12.0. The summed E-state index contributed by atoms with van der Waals surface area (Å²) in [5.74, 6) is 0.0441. The van der Waals surface area contributed by atoms with Crippen LogP contribution in [-0.2, 0) is 4.79 Å². The van der Waals surface area contributed by atoms with Gasteiger partial charge in [-0.1, -0.05) is 6.92 Å². The molecule has 0 radical (unpaired) electrons. The van der Waals surface area contributed by atoms with E-state index in [0.29, 0.717) is 17.8 Å². The number of hydrogen-bond acceptors (Lipinski definition) is 4. The Hall–Kier alpha value is -0.520. The van der Waals surface area contributed by atoms with Crippen molar-refractivity contribution in [1.29, 1.82) is 0 Å². The molecular weight excluding hydrogens is 240 g/mol. The number of carbonyl (C=O) groups excluding carboxylic acids is 1. The second-order valence-electron chi connectivity index (χ2n) is 3.93. The highest BCUT2D eigenvalue weighted by Gasteiger charge is 2.26. The lowest BCUT2D eigenvalue weighted by Crippen LogP contribution is -2.35. The number of carbonyl (C=O) groups is 1. The first-order chi connectivity index (χ1) is 7.70. The van der Waals surface area contributed by atoms with Gasteiger partial charge in [0.1, 0.15) is 0 Å². The summed E-state index contributed by atoms with van der Waals surface area (Å²) in [5, 5.41) is 8.70. The maximum Gasteiger partial charge on any atom is 0.233 e. The molecule has 1 aromatic heterocycles. The number of rotatable bonds is 3. The Morgan fingerprint density at radius 2 is 2.44 bits per heavy atom. The van der Waals surface area contributed by atoms with Crippen molar-refractivity contribution in [2.45, 2.75) is 28.8 Å². The van der Waals surface area contributed by atoms with Crippen LogP contribution in [0.4, 0.5) is 0 Å². The minimum Gasteiger partial charge on any atom is -0.358 e. The number of amides is 1. The van der Waals surface area contributed by atoms with Gasteiger partial charge in [0, 0.05) is 18.3 Å². The summed E-state index contributed by atoms with van der Waals surface area (Å²) >= 11 is 3.74. The molecule has 1 unspecified atom stereocenters. The van der Waals surface area contributed by atoms with Gasteiger partial charge in [0.05, 0.1) is 10.8 Å². The molecule has 0 saturated carbocycles. The van der Waals surface area contributed by atoms with Crippen molar-refractivity contribution in [3.63, 3.8) is 0 Å². The molecule has 1 aromatic rings. The molecule has 0 spiro atoms. The predicted octanol–water partition coefficient (Wildman–Crippen LogP) is 2.01. The minimum absolute atomic E-state index is 0.0441. The summed E-state index contributed by atoms with van der Waals surface area (Å²) < 4.78 is 1.40. The molecule has 2 rings (SSSR count). The van der Waals surface area contributed by atoms with Gasteiger partial charge < -0.3 is 10.6 Å². The van der Waals surface area contributed by atoms with E-state index in [2.05, 4.69) is 29.0 Å². The van der Waals surface area contributed by atoms with Gasteiger partial charge in [0.25, 0.3) is 0 Å². The van der Waals surface area contributed by atoms with Crippen LogP contribution < -0.4 is 10.6 Å². The SMILES string of the molecule is CNC(=O)CNC1C[C@H](C)Sc2sccc21. The van der Waals surface area contributed by atoms with Gasteiger partial charge in [-0.15, -0.1) is 23.1 Å². The van der Waals surface area contributed by atoms with Crippen molar-refractivity contribution in [2.75, 3.05) is 13.6 Å². The number of thioether (sulfide) groups is 1. The van der Waals surface area contributed by atoms with Crippen LogP contribution in [0.15, 0.2) is 15.7 Å². The first-order valence-electron chi connectivity index (χ1n) is 5.38. The number of fused-ring (bicyclic) bond motifs is 1. The molecule has 0 aliphatic carbocycles. The van der Waals surface area contributed by atoms with Gasteiger partial charge in [-0.25, -0.2) is 0 Å². The van der Waals surface area contributed by atoms with Crippen LogP contribution in [0.1, 0.15) is 24.9 Å². The molecule has 0 bridgehead atoms. The molecule has 16 heavy (non-hydrogen) atoms. The molecule has 1 aliphatic rings. The molecule has 5 heteroatoms. The smallest absolute Gasteiger partial charge is 0.233 e. The number of hydrogen-bond donors (Lipinski definition) is 2. The zero-order valence-electron chi connectivity index (χ0n) is 9.45. The van der Waals surface area contributed by atoms with Crippen molar-refractivity contribution >= 4 is 29.0 Å². The lowest BCUT2D eigenvalue weighted by atomic mass is 10.1. The zero-order chi connectivity index (χ0) is 11.5. The molecule has 0 fully saturated rings. The van der Waals surface area contributed by atoms with Gasteiger partial charge in [0.15, 0.2) is 0 Å². The summed E-state index contributed by atoms with van der Waals surface area (Å²) in [6, 6.07) is 2.50. The Morgan fingerprint density at radius 3 is 3.19 bits per heavy atom. The maximum absolute atomic E-state index is 11.2. The molecule has 2 atom stereocenters. The summed E-state index contributed by atoms with van der Waals surface area (Å²) in [6.45, 7) is 2.63. The van der Waals surface area contributed by atoms with E-state index in [1.54, 1.807) is 18.4 Å². The highest BCUT2D eigenvalue weighted by Crippen LogP contribution is 2.43. The minimum atomic E-state index is 0.0441. The molecule has 2 heterocycles. The van der Waals surface area contributed by atoms with Crippen LogP contribution in [0.2, 0.25) is 0 Å². The number of nitrogens with one attached hydrogen (secondary N) is 2. The van der Waals surface area contributed by atoms with Crippen molar-refractivity contribution in [1.82, 2.24) is 10.6 Å². The van der Waals surface area contributed by atoms with E-state index in [1.807, 2.05) is 11.8 Å². The van der Waals surface area contributed by atoms with E-state index in [1.165, 1.54) is 9.77 Å². The molecule has 1 aliphatic heterocycles. The second-order valence-corrected chi connectivity index (χ2v) is 6.56. The highest BCUT2D eigenvalue weighted by molar-refractivity contribution is 8.01. The molecule has 0 aromatic carbocycles. The Labute approximate surface area is 104 Å². The zero-order valence-corrected chi connectivity index (χ0v) is 11.1. The topological polar surface area (TPSA) is 41.1 Å². The van der Waals surface area contributed by atoms with E-state index in [0.717, 1.165) is 6.42 Å². The van der Waals surface area contributed by atoms with Crippen molar-refractivity contribution < 1.29 is 4.79 Å². The highest BCUT2D eigenvalue weighted by atomic mass is 32.2. The largest absolute Gasteiger partial charge is 0.358 e. The van der Waals surface area contributed by atoms with Crippen molar-refractivity contribution in [3.05, 3.63) is 17.0 Å². The van der Waals surface area contributed by atoms with Gasteiger partial charge >= 0.3 is 0 Å². The Morgan fingerprint density at radius 1 is 1.62 bits per heavy atom. The van der Waals surface area contributed by atoms with Gasteiger partial charge in [-0.3, -0.25) is 4.79 Å². The Balaban J connectivity index is 2.03. The van der Waals surface area contributed by atoms with Gasteiger partial charge in [-0.2, -0.15) is 0 Å². The van der Waals surface area contributed by atoms with Gasteiger partial charge in [0.2, 0.25) is 5.91 Å². The van der Waals surface area contributed by atoms with E-state index in [9.17, 15) is 4.79 Å². The molecule has 0 saturated heterocycles. The van der Waals surface area contributed by atoms with Crippen molar-refractivity contribution in [3.8, 4) is 0 Å². The Bertz CT molecular complexity index is 378. The second kappa shape index (κ2) is 5.21. The third kappa shape index (κ3) is 2.59. The molecule has 1 amide bonds. The van der Waals surface area contributed by atoms with Gasteiger partial charge in [-0.05, 0) is 23.4 Å². The fraction of sp³-hybridized carbons (Fsp3) is 0.545. The van der Waals surface area contributed by atoms with Crippen LogP contribution in [0.25, 0.3) is 0 Å². The van der Waals surface area contributed by atoms with Crippen LogP contribution >= 0.6 is 23.1 Å². The quantitative estimate of drug-likeness (QED) is 0.869. The fourth-order valence-electron chi connectivity index (χ4n) is 1.85. The summed E-state index contributed by atoms with van der Waals surface area (Å²) in [7, 11) is 1.67. The summed E-state index contributed by atoms with van der Waals surface area (Å²) in [4.78, 5) is 11.2.